The van der Waals surface area contributed by atoms with Crippen molar-refractivity contribution < 1.29 is 9.59 Å². The van der Waals surface area contributed by atoms with E-state index in [-0.39, 0.29) is 24.3 Å². The maximum Gasteiger partial charge on any atom is 0.238 e. The summed E-state index contributed by atoms with van der Waals surface area (Å²) in [5.41, 5.74) is 4.15. The summed E-state index contributed by atoms with van der Waals surface area (Å²) in [5, 5.41) is 5.48. The lowest BCUT2D eigenvalue weighted by atomic mass is 10.0. The summed E-state index contributed by atoms with van der Waals surface area (Å²) < 4.78 is 0. The van der Waals surface area contributed by atoms with E-state index in [2.05, 4.69) is 34.9 Å². The van der Waals surface area contributed by atoms with Gasteiger partial charge < -0.3 is 10.6 Å². The minimum atomic E-state index is -0.419. The second kappa shape index (κ2) is 8.53. The molecule has 3 aromatic carbocycles. The summed E-state index contributed by atoms with van der Waals surface area (Å²) in [6.45, 7) is 1.96. The molecule has 2 unspecified atom stereocenters. The Balaban J connectivity index is 1.37. The van der Waals surface area contributed by atoms with E-state index in [1.165, 1.54) is 11.8 Å². The first-order valence-corrected chi connectivity index (χ1v) is 10.5. The van der Waals surface area contributed by atoms with Crippen LogP contribution in [0.5, 0.6) is 0 Å². The molecule has 146 valence electrons. The van der Waals surface area contributed by atoms with Gasteiger partial charge in [0, 0.05) is 11.3 Å². The lowest BCUT2D eigenvalue weighted by Crippen LogP contribution is -2.35. The molecule has 0 bridgehead atoms. The fraction of sp³-hybridized carbons (Fsp3) is 0.167. The molecular weight excluding hydrogens is 380 g/mol. The van der Waals surface area contributed by atoms with E-state index in [9.17, 15) is 9.59 Å². The van der Waals surface area contributed by atoms with Gasteiger partial charge in [-0.2, -0.15) is 0 Å². The summed E-state index contributed by atoms with van der Waals surface area (Å²) in [7, 11) is 0. The molecule has 0 aromatic heterocycles. The molecule has 4 rings (SSSR count). The fourth-order valence-corrected chi connectivity index (χ4v) is 4.48. The van der Waals surface area contributed by atoms with Crippen LogP contribution in [0, 0.1) is 0 Å². The van der Waals surface area contributed by atoms with Crippen LogP contribution in [0.1, 0.15) is 24.9 Å². The molecule has 5 heteroatoms. The third-order valence-electron chi connectivity index (χ3n) is 4.97. The average molecular weight is 403 g/mol. The van der Waals surface area contributed by atoms with Gasteiger partial charge in [-0.1, -0.05) is 66.7 Å². The van der Waals surface area contributed by atoms with Gasteiger partial charge in [0.25, 0.3) is 0 Å². The van der Waals surface area contributed by atoms with E-state index < -0.39 is 5.25 Å². The Morgan fingerprint density at radius 3 is 2.38 bits per heavy atom. The van der Waals surface area contributed by atoms with E-state index in [4.69, 9.17) is 0 Å². The molecular formula is C24H22N2O2S. The molecule has 0 radical (unpaired) electrons. The van der Waals surface area contributed by atoms with Crippen LogP contribution in [0.15, 0.2) is 83.8 Å². The van der Waals surface area contributed by atoms with E-state index >= 15 is 0 Å². The molecule has 4 nitrogen and oxygen atoms in total. The third-order valence-corrected chi connectivity index (χ3v) is 6.25. The zero-order chi connectivity index (χ0) is 20.2. The normalized spacial score (nSPS) is 16.4. The van der Waals surface area contributed by atoms with Gasteiger partial charge in [-0.05, 0) is 35.7 Å². The molecule has 0 fully saturated rings. The van der Waals surface area contributed by atoms with Crippen LogP contribution in [0.25, 0.3) is 11.1 Å². The maximum atomic E-state index is 12.5. The van der Waals surface area contributed by atoms with Gasteiger partial charge in [0.1, 0.15) is 0 Å². The van der Waals surface area contributed by atoms with Gasteiger partial charge in [-0.25, -0.2) is 0 Å². The van der Waals surface area contributed by atoms with Crippen LogP contribution in [0.3, 0.4) is 0 Å². The van der Waals surface area contributed by atoms with Gasteiger partial charge in [-0.3, -0.25) is 9.59 Å². The predicted octanol–water partition coefficient (Wildman–Crippen LogP) is 5.03. The Labute approximate surface area is 174 Å². The van der Waals surface area contributed by atoms with Gasteiger partial charge in [0.2, 0.25) is 11.8 Å². The summed E-state index contributed by atoms with van der Waals surface area (Å²) in [4.78, 5) is 25.8. The fourth-order valence-electron chi connectivity index (χ4n) is 3.37. The predicted molar refractivity (Wildman–Crippen MR) is 118 cm³/mol. The van der Waals surface area contributed by atoms with E-state index in [0.717, 1.165) is 27.3 Å². The standard InChI is InChI=1S/C24H22N2O2S/c1-16(17-11-13-19(14-12-17)18-7-3-2-4-8-18)25-23(27)15-22-24(28)26-20-9-5-6-10-21(20)29-22/h2-14,16,22H,15H2,1H3,(H,25,27)(H,26,28). The number of fused-ring (bicyclic) bond motifs is 1. The molecule has 0 saturated heterocycles. The number of thioether (sulfide) groups is 1. The number of anilines is 1. The lowest BCUT2D eigenvalue weighted by Gasteiger charge is -2.24. The Morgan fingerprint density at radius 2 is 1.62 bits per heavy atom. The molecule has 2 atom stereocenters. The number of para-hydroxylation sites is 1. The third kappa shape index (κ3) is 4.51. The highest BCUT2D eigenvalue weighted by Gasteiger charge is 2.29. The van der Waals surface area contributed by atoms with Crippen molar-refractivity contribution in [2.45, 2.75) is 29.5 Å². The number of rotatable bonds is 5. The van der Waals surface area contributed by atoms with E-state index in [1.54, 1.807) is 0 Å². The van der Waals surface area contributed by atoms with Crippen LogP contribution in [0.2, 0.25) is 0 Å². The molecule has 0 aliphatic carbocycles. The number of carbonyl (C=O) groups excluding carboxylic acids is 2. The van der Waals surface area contributed by atoms with Crippen molar-refractivity contribution >= 4 is 29.3 Å². The van der Waals surface area contributed by atoms with Crippen LogP contribution in [-0.4, -0.2) is 17.1 Å². The summed E-state index contributed by atoms with van der Waals surface area (Å²) in [5.74, 6) is -0.250. The summed E-state index contributed by atoms with van der Waals surface area (Å²) in [6, 6.07) is 25.9. The van der Waals surface area contributed by atoms with Crippen LogP contribution >= 0.6 is 11.8 Å². The number of amides is 2. The maximum absolute atomic E-state index is 12.5. The monoisotopic (exact) mass is 402 g/mol. The first-order chi connectivity index (χ1) is 14.1. The zero-order valence-electron chi connectivity index (χ0n) is 16.1. The number of benzene rings is 3. The molecule has 1 aliphatic heterocycles. The van der Waals surface area contributed by atoms with Gasteiger partial charge >= 0.3 is 0 Å². The molecule has 3 aromatic rings. The minimum Gasteiger partial charge on any atom is -0.350 e. The lowest BCUT2D eigenvalue weighted by molar-refractivity contribution is -0.124. The Kier molecular flexibility index (Phi) is 5.67. The summed E-state index contributed by atoms with van der Waals surface area (Å²) in [6.07, 6.45) is 0.150. The van der Waals surface area contributed by atoms with E-state index in [0.29, 0.717) is 0 Å². The first-order valence-electron chi connectivity index (χ1n) is 9.61. The van der Waals surface area contributed by atoms with Crippen molar-refractivity contribution in [1.82, 2.24) is 5.32 Å². The Bertz CT molecular complexity index is 1020. The summed E-state index contributed by atoms with van der Waals surface area (Å²) >= 11 is 1.44. The SMILES string of the molecule is CC(NC(=O)CC1Sc2ccccc2NC1=O)c1ccc(-c2ccccc2)cc1. The molecule has 29 heavy (non-hydrogen) atoms. The number of hydrogen-bond donors (Lipinski definition) is 2. The van der Waals surface area contributed by atoms with Crippen molar-refractivity contribution in [2.24, 2.45) is 0 Å². The number of carbonyl (C=O) groups is 2. The van der Waals surface area contributed by atoms with Crippen molar-refractivity contribution in [3.05, 3.63) is 84.4 Å². The number of nitrogens with one attached hydrogen (secondary N) is 2. The minimum absolute atomic E-state index is 0.122. The topological polar surface area (TPSA) is 58.2 Å². The van der Waals surface area contributed by atoms with Crippen molar-refractivity contribution in [2.75, 3.05) is 5.32 Å². The molecule has 1 aliphatic rings. The zero-order valence-corrected chi connectivity index (χ0v) is 16.9. The van der Waals surface area contributed by atoms with Crippen LogP contribution in [0.4, 0.5) is 5.69 Å². The first kappa shape index (κ1) is 19.3. The van der Waals surface area contributed by atoms with Crippen LogP contribution < -0.4 is 10.6 Å². The smallest absolute Gasteiger partial charge is 0.238 e. The van der Waals surface area contributed by atoms with Gasteiger partial charge in [0.15, 0.2) is 0 Å². The van der Waals surface area contributed by atoms with Crippen LogP contribution in [-0.2, 0) is 9.59 Å². The molecule has 2 amide bonds. The van der Waals surface area contributed by atoms with Crippen molar-refractivity contribution in [1.29, 1.82) is 0 Å². The van der Waals surface area contributed by atoms with E-state index in [1.807, 2.05) is 61.5 Å². The van der Waals surface area contributed by atoms with Gasteiger partial charge in [-0.15, -0.1) is 11.8 Å². The highest BCUT2D eigenvalue weighted by molar-refractivity contribution is 8.01. The number of hydrogen-bond acceptors (Lipinski definition) is 3. The largest absolute Gasteiger partial charge is 0.350 e. The molecule has 0 saturated carbocycles. The second-order valence-electron chi connectivity index (χ2n) is 7.07. The highest BCUT2D eigenvalue weighted by Crippen LogP contribution is 2.36. The molecule has 1 heterocycles. The van der Waals surface area contributed by atoms with Gasteiger partial charge in [0.05, 0.1) is 17.0 Å². The van der Waals surface area contributed by atoms with Crippen molar-refractivity contribution in [3.8, 4) is 11.1 Å². The van der Waals surface area contributed by atoms with Crippen molar-refractivity contribution in [3.63, 3.8) is 0 Å². The average Bonchev–Trinajstić information content (AvgIpc) is 2.75. The Morgan fingerprint density at radius 1 is 0.966 bits per heavy atom. The highest BCUT2D eigenvalue weighted by atomic mass is 32.2. The molecule has 0 spiro atoms. The second-order valence-corrected chi connectivity index (χ2v) is 8.32. The molecule has 2 N–H and O–H groups in total. The quantitative estimate of drug-likeness (QED) is 0.629. The Hall–Kier alpha value is -3.05.